The van der Waals surface area contributed by atoms with Gasteiger partial charge in [-0.1, -0.05) is 59.6 Å². The highest BCUT2D eigenvalue weighted by Gasteiger charge is 2.38. The second kappa shape index (κ2) is 17.0. The van der Waals surface area contributed by atoms with Gasteiger partial charge in [-0.3, -0.25) is 15.4 Å². The standard InChI is InChI=1S/C38H39Cl2F2N3O7S/c1-21(2)50-32-14-24(8-9-31(32)52-38(41)42)26(16-28-29(39)18-45(49)19-30(28)40)27-15-25(53-35(27)36(46)47)17-43-34(23-6-4-3-5-7-23)37(48)51-33-20-44-12-10-22(33)11-13-44/h3-9,14-15,18-19,21-22,26,33-34,38,43H,10-13,16-17,20H2,1-2H3,(H-,46,47,49)/p+1/t26-,33-,34?/m0/s1. The number of piperidine rings is 3. The Labute approximate surface area is 319 Å². The van der Waals surface area contributed by atoms with E-state index < -0.39 is 36.6 Å². The number of hydrogen-bond acceptors (Lipinski definition) is 9. The molecule has 3 aliphatic heterocycles. The lowest BCUT2D eigenvalue weighted by molar-refractivity contribution is -0.904. The van der Waals surface area contributed by atoms with E-state index in [-0.39, 0.29) is 45.5 Å². The molecule has 7 rings (SSSR count). The molecule has 0 amide bonds. The molecule has 1 unspecified atom stereocenters. The van der Waals surface area contributed by atoms with E-state index in [2.05, 4.69) is 10.2 Å². The molecule has 53 heavy (non-hydrogen) atoms. The number of esters is 1. The molecule has 4 aromatic rings. The van der Waals surface area contributed by atoms with Crippen LogP contribution in [0.5, 0.6) is 11.5 Å². The van der Waals surface area contributed by atoms with E-state index in [0.717, 1.165) is 42.0 Å². The SMILES string of the molecule is CC(C)Oc1cc([C@H](Cc2c(Cl)c[n+](O)cc2Cl)c2cc(CNC(C(=O)O[C@H]3CN4CCC3CC4)c3ccccc3)sc2C(=O)O)ccc1OC(F)F. The van der Waals surface area contributed by atoms with Crippen LogP contribution >= 0.6 is 34.5 Å². The lowest BCUT2D eigenvalue weighted by Gasteiger charge is -2.44. The summed E-state index contributed by atoms with van der Waals surface area (Å²) in [6.45, 7) is 3.24. The minimum absolute atomic E-state index is 0.0255. The van der Waals surface area contributed by atoms with Gasteiger partial charge in [0.2, 0.25) is 12.4 Å². The maximum absolute atomic E-state index is 13.8. The van der Waals surface area contributed by atoms with Gasteiger partial charge in [0.25, 0.3) is 0 Å². The summed E-state index contributed by atoms with van der Waals surface area (Å²) in [5.41, 5.74) is 2.05. The molecule has 2 aromatic carbocycles. The molecular formula is C38H40Cl2F2N3O7S+. The number of aromatic nitrogens is 1. The Morgan fingerprint density at radius 2 is 1.70 bits per heavy atom. The van der Waals surface area contributed by atoms with Gasteiger partial charge in [-0.15, -0.1) is 11.3 Å². The zero-order valence-corrected chi connectivity index (χ0v) is 31.3. The van der Waals surface area contributed by atoms with Gasteiger partial charge >= 0.3 is 18.6 Å². The number of carbonyl (C=O) groups excluding carboxylic acids is 1. The second-order valence-corrected chi connectivity index (χ2v) is 15.4. The first-order valence-electron chi connectivity index (χ1n) is 17.3. The fourth-order valence-corrected chi connectivity index (χ4v) is 8.66. The first-order valence-corrected chi connectivity index (χ1v) is 18.8. The molecule has 3 atom stereocenters. The van der Waals surface area contributed by atoms with Crippen LogP contribution < -0.4 is 19.5 Å². The molecule has 0 saturated carbocycles. The number of carboxylic acid groups (broad SMARTS) is 1. The van der Waals surface area contributed by atoms with E-state index in [1.807, 2.05) is 30.3 Å². The summed E-state index contributed by atoms with van der Waals surface area (Å²) >= 11 is 14.1. The van der Waals surface area contributed by atoms with Crippen molar-refractivity contribution in [2.45, 2.75) is 70.4 Å². The highest BCUT2D eigenvalue weighted by atomic mass is 35.5. The summed E-state index contributed by atoms with van der Waals surface area (Å²) in [5, 5.41) is 24.1. The molecule has 282 valence electrons. The van der Waals surface area contributed by atoms with Crippen molar-refractivity contribution in [2.75, 3.05) is 19.6 Å². The van der Waals surface area contributed by atoms with Crippen molar-refractivity contribution in [1.29, 1.82) is 0 Å². The molecule has 0 aliphatic carbocycles. The molecule has 3 aliphatic rings. The molecule has 15 heteroatoms. The number of nitrogens with one attached hydrogen (secondary N) is 1. The van der Waals surface area contributed by atoms with Crippen LogP contribution in [0.1, 0.15) is 75.5 Å². The van der Waals surface area contributed by atoms with Gasteiger partial charge in [-0.2, -0.15) is 8.78 Å². The number of fused-ring (bicyclic) bond motifs is 3. The molecule has 3 fully saturated rings. The van der Waals surface area contributed by atoms with Gasteiger partial charge in [0.15, 0.2) is 11.5 Å². The summed E-state index contributed by atoms with van der Waals surface area (Å²) in [6, 6.07) is 14.6. The first-order chi connectivity index (χ1) is 25.4. The average Bonchev–Trinajstić information content (AvgIpc) is 3.54. The molecule has 5 heterocycles. The van der Waals surface area contributed by atoms with Gasteiger partial charge in [-0.25, -0.2) is 9.59 Å². The number of thiophene rings is 1. The molecule has 0 spiro atoms. The third kappa shape index (κ3) is 9.39. The number of carbonyl (C=O) groups is 2. The van der Waals surface area contributed by atoms with Crippen LogP contribution in [-0.2, 0) is 22.5 Å². The number of pyridine rings is 1. The van der Waals surface area contributed by atoms with Gasteiger partial charge in [-0.05, 0) is 87.0 Å². The zero-order chi connectivity index (χ0) is 37.8. The lowest BCUT2D eigenvalue weighted by atomic mass is 9.85. The second-order valence-electron chi connectivity index (χ2n) is 13.5. The predicted octanol–water partition coefficient (Wildman–Crippen LogP) is 7.51. The quantitative estimate of drug-likeness (QED) is 0.0639. The van der Waals surface area contributed by atoms with E-state index in [9.17, 15) is 28.7 Å². The van der Waals surface area contributed by atoms with Crippen LogP contribution in [0.4, 0.5) is 8.78 Å². The van der Waals surface area contributed by atoms with E-state index in [1.165, 1.54) is 24.5 Å². The predicted molar refractivity (Wildman–Crippen MR) is 195 cm³/mol. The largest absolute Gasteiger partial charge is 0.487 e. The van der Waals surface area contributed by atoms with E-state index >= 15 is 0 Å². The van der Waals surface area contributed by atoms with E-state index in [0.29, 0.717) is 39.6 Å². The van der Waals surface area contributed by atoms with E-state index in [1.54, 1.807) is 26.0 Å². The Balaban J connectivity index is 1.35. The molecule has 10 nitrogen and oxygen atoms in total. The van der Waals surface area contributed by atoms with Crippen LogP contribution in [0.2, 0.25) is 10.0 Å². The minimum Gasteiger partial charge on any atom is -0.487 e. The van der Waals surface area contributed by atoms with Crippen molar-refractivity contribution in [1.82, 2.24) is 10.2 Å². The van der Waals surface area contributed by atoms with Crippen LogP contribution in [0, 0.1) is 5.92 Å². The first kappa shape index (κ1) is 38.7. The normalized spacial score (nSPS) is 19.3. The zero-order valence-electron chi connectivity index (χ0n) is 29.0. The third-order valence-corrected chi connectivity index (χ3v) is 11.3. The number of hydrogen-bond donors (Lipinski definition) is 3. The Morgan fingerprint density at radius 3 is 2.30 bits per heavy atom. The van der Waals surface area contributed by atoms with Crippen LogP contribution in [-0.4, -0.2) is 65.6 Å². The molecular weight excluding hydrogens is 751 g/mol. The Morgan fingerprint density at radius 1 is 1.00 bits per heavy atom. The fourth-order valence-electron chi connectivity index (χ4n) is 7.05. The Hall–Kier alpha value is -4.01. The molecule has 3 saturated heterocycles. The third-order valence-electron chi connectivity index (χ3n) is 9.52. The van der Waals surface area contributed by atoms with Crippen LogP contribution in [0.3, 0.4) is 0 Å². The summed E-state index contributed by atoms with van der Waals surface area (Å²) < 4.78 is 44.1. The van der Waals surface area contributed by atoms with Gasteiger partial charge in [0.1, 0.15) is 27.1 Å². The summed E-state index contributed by atoms with van der Waals surface area (Å²) in [7, 11) is 0. The number of aromatic carboxylic acids is 1. The number of nitrogens with zero attached hydrogens (tertiary/aromatic N) is 2. The molecule has 3 N–H and O–H groups in total. The summed E-state index contributed by atoms with van der Waals surface area (Å²) in [5.74, 6) is -2.13. The number of alkyl halides is 2. The number of halogens is 4. The van der Waals surface area contributed by atoms with Gasteiger partial charge < -0.3 is 19.3 Å². The van der Waals surface area contributed by atoms with Crippen molar-refractivity contribution in [2.24, 2.45) is 5.92 Å². The number of carboxylic acids is 1. The van der Waals surface area contributed by atoms with Crippen molar-refractivity contribution in [3.05, 3.63) is 109 Å². The molecule has 0 radical (unpaired) electrons. The molecule has 2 aromatic heterocycles. The summed E-state index contributed by atoms with van der Waals surface area (Å²) in [4.78, 5) is 29.6. The smallest absolute Gasteiger partial charge is 0.387 e. The van der Waals surface area contributed by atoms with Crippen molar-refractivity contribution in [3.63, 3.8) is 0 Å². The monoisotopic (exact) mass is 790 g/mol. The number of rotatable bonds is 15. The van der Waals surface area contributed by atoms with Crippen molar-refractivity contribution in [3.8, 4) is 11.5 Å². The maximum atomic E-state index is 13.8. The number of benzene rings is 2. The van der Waals surface area contributed by atoms with Gasteiger partial charge in [0, 0.05) is 34.2 Å². The highest BCUT2D eigenvalue weighted by Crippen LogP contribution is 2.42. The lowest BCUT2D eigenvalue weighted by Crippen LogP contribution is -2.52. The number of ether oxygens (including phenoxy) is 3. The molecule has 2 bridgehead atoms. The van der Waals surface area contributed by atoms with Crippen molar-refractivity contribution >= 4 is 46.5 Å². The highest BCUT2D eigenvalue weighted by molar-refractivity contribution is 7.14. The maximum Gasteiger partial charge on any atom is 0.387 e. The average molecular weight is 792 g/mol. The van der Waals surface area contributed by atoms with Crippen LogP contribution in [0.15, 0.2) is 67.0 Å². The minimum atomic E-state index is -3.10. The van der Waals surface area contributed by atoms with Gasteiger partial charge in [0.05, 0.1) is 6.10 Å². The fraction of sp³-hybridized carbons (Fsp3) is 0.395. The van der Waals surface area contributed by atoms with E-state index in [4.69, 9.17) is 37.4 Å². The topological polar surface area (TPSA) is 121 Å². The Bertz CT molecular complexity index is 1900. The van der Waals surface area contributed by atoms with Crippen molar-refractivity contribution < 1.29 is 47.6 Å². The Kier molecular flexibility index (Phi) is 12.4. The van der Waals surface area contributed by atoms with Crippen LogP contribution in [0.25, 0.3) is 0 Å². The summed E-state index contributed by atoms with van der Waals surface area (Å²) in [6.07, 6.45) is 3.97.